The molecule has 32 heavy (non-hydrogen) atoms. The predicted octanol–water partition coefficient (Wildman–Crippen LogP) is 2.74. The molecule has 1 aromatic heterocycles. The first kappa shape index (κ1) is 20.7. The predicted molar refractivity (Wildman–Crippen MR) is 110 cm³/mol. The molecule has 7 nitrogen and oxygen atoms in total. The average molecular weight is 459 g/mol. The lowest BCUT2D eigenvalue weighted by atomic mass is 9.82. The van der Waals surface area contributed by atoms with Crippen molar-refractivity contribution in [1.82, 2.24) is 15.0 Å². The monoisotopic (exact) mass is 459 g/mol. The Labute approximate surface area is 183 Å². The van der Waals surface area contributed by atoms with E-state index in [4.69, 9.17) is 4.52 Å². The van der Waals surface area contributed by atoms with Crippen molar-refractivity contribution in [2.45, 2.75) is 23.5 Å². The summed E-state index contributed by atoms with van der Waals surface area (Å²) in [6, 6.07) is 11.4. The maximum atomic E-state index is 13.4. The molecular weight excluding hydrogens is 440 g/mol. The fraction of sp³-hybridized carbons (Fsp3) is 0.318. The number of likely N-dealkylation sites (tertiary alicyclic amines) is 1. The number of hydrogen-bond donors (Lipinski definition) is 0. The molecule has 166 valence electrons. The van der Waals surface area contributed by atoms with Gasteiger partial charge < -0.3 is 9.42 Å². The number of amides is 1. The van der Waals surface area contributed by atoms with E-state index in [2.05, 4.69) is 10.1 Å². The molecule has 1 unspecified atom stereocenters. The molecule has 0 bridgehead atoms. The highest BCUT2D eigenvalue weighted by Crippen LogP contribution is 2.49. The maximum Gasteiger partial charge on any atom is 0.231 e. The third-order valence-electron chi connectivity index (χ3n) is 6.29. The molecule has 0 saturated carbocycles. The molecule has 5 rings (SSSR count). The molecule has 2 saturated heterocycles. The first-order valence-corrected chi connectivity index (χ1v) is 11.8. The Morgan fingerprint density at radius 1 is 1.12 bits per heavy atom. The van der Waals surface area contributed by atoms with Crippen LogP contribution < -0.4 is 0 Å². The van der Waals surface area contributed by atoms with Crippen LogP contribution in [0.1, 0.15) is 23.8 Å². The van der Waals surface area contributed by atoms with Crippen molar-refractivity contribution in [2.75, 3.05) is 18.8 Å². The second kappa shape index (κ2) is 7.47. The lowest BCUT2D eigenvalue weighted by molar-refractivity contribution is -0.136. The lowest BCUT2D eigenvalue weighted by Gasteiger charge is -2.49. The molecule has 10 heteroatoms. The summed E-state index contributed by atoms with van der Waals surface area (Å²) in [5.41, 5.74) is 1.08. The Hall–Kier alpha value is -3.14. The van der Waals surface area contributed by atoms with Crippen LogP contribution in [0.15, 0.2) is 53.1 Å². The summed E-state index contributed by atoms with van der Waals surface area (Å²) < 4.78 is 56.6. The van der Waals surface area contributed by atoms with Crippen molar-refractivity contribution in [2.24, 2.45) is 0 Å². The fourth-order valence-corrected chi connectivity index (χ4v) is 6.83. The van der Waals surface area contributed by atoms with Gasteiger partial charge in [-0.3, -0.25) is 4.79 Å². The molecule has 2 aliphatic rings. The Balaban J connectivity index is 1.35. The van der Waals surface area contributed by atoms with Crippen LogP contribution >= 0.6 is 0 Å². The van der Waals surface area contributed by atoms with Crippen LogP contribution in [0.25, 0.3) is 11.4 Å². The highest BCUT2D eigenvalue weighted by atomic mass is 32.2. The van der Waals surface area contributed by atoms with Crippen LogP contribution in [0.3, 0.4) is 0 Å². The van der Waals surface area contributed by atoms with Crippen molar-refractivity contribution in [3.63, 3.8) is 0 Å². The number of sulfone groups is 1. The third-order valence-corrected chi connectivity index (χ3v) is 8.84. The van der Waals surface area contributed by atoms with E-state index in [1.807, 2.05) is 0 Å². The second-order valence-corrected chi connectivity index (χ2v) is 10.7. The number of hydrogen-bond acceptors (Lipinski definition) is 6. The topological polar surface area (TPSA) is 93.4 Å². The highest BCUT2D eigenvalue weighted by molar-refractivity contribution is 7.93. The Kier molecular flexibility index (Phi) is 4.85. The molecule has 2 aromatic carbocycles. The number of carbonyl (C=O) groups excluding carboxylic acids is 1. The fourth-order valence-electron chi connectivity index (χ4n) is 4.52. The van der Waals surface area contributed by atoms with E-state index in [-0.39, 0.29) is 42.9 Å². The van der Waals surface area contributed by atoms with Crippen molar-refractivity contribution in [1.29, 1.82) is 0 Å². The molecule has 0 radical (unpaired) electrons. The van der Waals surface area contributed by atoms with Crippen LogP contribution in [0.5, 0.6) is 0 Å². The number of rotatable bonds is 4. The van der Waals surface area contributed by atoms with Gasteiger partial charge in [-0.15, -0.1) is 0 Å². The van der Waals surface area contributed by atoms with Gasteiger partial charge in [0.05, 0.1) is 18.1 Å². The summed E-state index contributed by atoms with van der Waals surface area (Å²) in [5.74, 6) is -1.21. The van der Waals surface area contributed by atoms with Gasteiger partial charge >= 0.3 is 0 Å². The molecule has 3 aromatic rings. The van der Waals surface area contributed by atoms with Gasteiger partial charge in [0.25, 0.3) is 0 Å². The van der Waals surface area contributed by atoms with E-state index < -0.39 is 32.1 Å². The minimum atomic E-state index is -3.49. The summed E-state index contributed by atoms with van der Waals surface area (Å²) >= 11 is 0. The Morgan fingerprint density at radius 3 is 2.59 bits per heavy atom. The summed E-state index contributed by atoms with van der Waals surface area (Å²) in [7, 11) is -3.49. The molecule has 1 spiro atoms. The van der Waals surface area contributed by atoms with Crippen LogP contribution in [0.4, 0.5) is 8.78 Å². The van der Waals surface area contributed by atoms with E-state index >= 15 is 0 Å². The van der Waals surface area contributed by atoms with Gasteiger partial charge in [-0.1, -0.05) is 17.3 Å². The van der Waals surface area contributed by atoms with Crippen molar-refractivity contribution in [3.8, 4) is 11.4 Å². The molecule has 3 heterocycles. The zero-order valence-corrected chi connectivity index (χ0v) is 17.7. The van der Waals surface area contributed by atoms with Crippen molar-refractivity contribution < 1.29 is 26.5 Å². The first-order valence-electron chi connectivity index (χ1n) is 10.1. The molecule has 2 aliphatic heterocycles. The summed E-state index contributed by atoms with van der Waals surface area (Å²) in [5, 5.41) is 3.93. The van der Waals surface area contributed by atoms with E-state index in [1.54, 1.807) is 6.07 Å². The molecule has 1 atom stereocenters. The Bertz CT molecular complexity index is 1280. The standard InChI is InChI=1S/C22H19F2N3O4S/c23-16-6-4-15(5-7-16)20-25-21(31-26-20)18-8-9-32(29,30)22(18)12-27(13-22)19(28)11-14-2-1-3-17(24)10-14/h1-7,10,18H,8-9,11-13H2. The molecule has 0 N–H and O–H groups in total. The quantitative estimate of drug-likeness (QED) is 0.596. The van der Waals surface area contributed by atoms with Crippen molar-refractivity contribution >= 4 is 15.7 Å². The highest BCUT2D eigenvalue weighted by Gasteiger charge is 2.64. The SMILES string of the molecule is O=C(Cc1cccc(F)c1)N1CC2(C1)C(c1nc(-c3ccc(F)cc3)no1)CCS2(=O)=O. The van der Waals surface area contributed by atoms with Gasteiger partial charge in [0.1, 0.15) is 16.4 Å². The van der Waals surface area contributed by atoms with Gasteiger partial charge in [0.2, 0.25) is 17.6 Å². The van der Waals surface area contributed by atoms with Crippen LogP contribution in [0.2, 0.25) is 0 Å². The number of nitrogens with zero attached hydrogens (tertiary/aromatic N) is 3. The summed E-state index contributed by atoms with van der Waals surface area (Å²) in [6.07, 6.45) is 0.313. The number of halogens is 2. The maximum absolute atomic E-state index is 13.4. The number of aromatic nitrogens is 2. The van der Waals surface area contributed by atoms with Crippen LogP contribution in [-0.2, 0) is 21.1 Å². The average Bonchev–Trinajstić information content (AvgIpc) is 3.29. The number of carbonyl (C=O) groups is 1. The normalized spacial score (nSPS) is 20.9. The summed E-state index contributed by atoms with van der Waals surface area (Å²) in [4.78, 5) is 18.5. The third kappa shape index (κ3) is 3.38. The van der Waals surface area contributed by atoms with Gasteiger partial charge in [-0.05, 0) is 48.4 Å². The Morgan fingerprint density at radius 2 is 1.88 bits per heavy atom. The molecular formula is C22H19F2N3O4S. The largest absolute Gasteiger partial charge is 0.339 e. The van der Waals surface area contributed by atoms with Crippen LogP contribution in [0, 0.1) is 11.6 Å². The summed E-state index contributed by atoms with van der Waals surface area (Å²) in [6.45, 7) is 0.0603. The first-order chi connectivity index (χ1) is 15.3. The van der Waals surface area contributed by atoms with Gasteiger partial charge in [-0.2, -0.15) is 4.98 Å². The van der Waals surface area contributed by atoms with Gasteiger partial charge in [0, 0.05) is 18.7 Å². The lowest BCUT2D eigenvalue weighted by Crippen LogP contribution is -2.67. The number of benzene rings is 2. The zero-order chi connectivity index (χ0) is 22.5. The second-order valence-electron chi connectivity index (χ2n) is 8.24. The minimum Gasteiger partial charge on any atom is -0.339 e. The van der Waals surface area contributed by atoms with E-state index in [1.165, 1.54) is 47.4 Å². The zero-order valence-electron chi connectivity index (χ0n) is 16.9. The molecule has 1 amide bonds. The molecule has 0 aliphatic carbocycles. The van der Waals surface area contributed by atoms with Gasteiger partial charge in [-0.25, -0.2) is 17.2 Å². The minimum absolute atomic E-state index is 0.00612. The van der Waals surface area contributed by atoms with E-state index in [9.17, 15) is 22.0 Å². The van der Waals surface area contributed by atoms with E-state index in [0.29, 0.717) is 17.5 Å². The molecule has 2 fully saturated rings. The van der Waals surface area contributed by atoms with Crippen molar-refractivity contribution in [3.05, 3.63) is 71.6 Å². The van der Waals surface area contributed by atoms with Crippen LogP contribution in [-0.4, -0.2) is 53.0 Å². The smallest absolute Gasteiger partial charge is 0.231 e. The van der Waals surface area contributed by atoms with Gasteiger partial charge in [0.15, 0.2) is 9.84 Å². The van der Waals surface area contributed by atoms with E-state index in [0.717, 1.165) is 0 Å².